The molecule has 0 amide bonds. The third-order valence-corrected chi connectivity index (χ3v) is 6.13. The summed E-state index contributed by atoms with van der Waals surface area (Å²) in [5, 5.41) is 46.4. The molecule has 0 aliphatic rings. The van der Waals surface area contributed by atoms with Gasteiger partial charge in [0.25, 0.3) is 11.2 Å². The van der Waals surface area contributed by atoms with Crippen LogP contribution in [0.1, 0.15) is 29.4 Å². The summed E-state index contributed by atoms with van der Waals surface area (Å²) >= 11 is 0. The normalized spacial score (nSPS) is 11.4. The number of aromatic nitrogens is 3. The molecule has 0 spiro atoms. The molecule has 0 aliphatic heterocycles. The van der Waals surface area contributed by atoms with E-state index < -0.39 is 16.0 Å². The van der Waals surface area contributed by atoms with E-state index in [0.717, 1.165) is 10.2 Å². The molecular formula is C29H18N8O4. The van der Waals surface area contributed by atoms with Crippen LogP contribution in [0.2, 0.25) is 0 Å². The zero-order chi connectivity index (χ0) is 29.1. The number of fused-ring (bicyclic) bond motifs is 1. The fraction of sp³-hybridized carbons (Fsp3) is 0.0345. The Balaban J connectivity index is 1.80. The van der Waals surface area contributed by atoms with Crippen molar-refractivity contribution in [2.45, 2.75) is 6.92 Å². The number of phenols is 1. The van der Waals surface area contributed by atoms with E-state index in [-0.39, 0.29) is 39.7 Å². The van der Waals surface area contributed by atoms with Gasteiger partial charge in [0.05, 0.1) is 16.0 Å². The Morgan fingerprint density at radius 3 is 2.51 bits per heavy atom. The molecule has 0 bridgehead atoms. The van der Waals surface area contributed by atoms with Crippen LogP contribution in [0.15, 0.2) is 87.7 Å². The van der Waals surface area contributed by atoms with Gasteiger partial charge in [0.15, 0.2) is 11.6 Å². The van der Waals surface area contributed by atoms with Crippen LogP contribution < -0.4 is 5.56 Å². The van der Waals surface area contributed by atoms with Gasteiger partial charge in [-0.05, 0) is 30.7 Å². The van der Waals surface area contributed by atoms with Crippen LogP contribution in [0.25, 0.3) is 22.2 Å². The predicted molar refractivity (Wildman–Crippen MR) is 151 cm³/mol. The van der Waals surface area contributed by atoms with Crippen molar-refractivity contribution in [1.29, 1.82) is 10.5 Å². The van der Waals surface area contributed by atoms with Gasteiger partial charge in [-0.15, -0.1) is 0 Å². The minimum absolute atomic E-state index is 0.0784. The van der Waals surface area contributed by atoms with Crippen LogP contribution in [0.5, 0.6) is 5.75 Å². The number of hydrogen-bond donors (Lipinski definition) is 2. The number of phenolic OH excluding ortho intramolecular Hbond substituents is 1. The Hall–Kier alpha value is -6.40. The molecule has 2 heterocycles. The Labute approximate surface area is 231 Å². The zero-order valence-corrected chi connectivity index (χ0v) is 21.3. The number of pyridine rings is 1. The Kier molecular flexibility index (Phi) is 6.88. The molecule has 3 aromatic carbocycles. The summed E-state index contributed by atoms with van der Waals surface area (Å²) in [5.74, 6) is -0.168. The minimum Gasteiger partial charge on any atom is -0.507 e. The first kappa shape index (κ1) is 26.2. The first-order valence-electron chi connectivity index (χ1n) is 12.0. The van der Waals surface area contributed by atoms with Gasteiger partial charge in [0.2, 0.25) is 0 Å². The summed E-state index contributed by atoms with van der Waals surface area (Å²) < 4.78 is 0.816. The fourth-order valence-electron chi connectivity index (χ4n) is 4.20. The van der Waals surface area contributed by atoms with Crippen molar-refractivity contribution >= 4 is 34.5 Å². The topological polar surface area (TPSA) is 186 Å². The van der Waals surface area contributed by atoms with E-state index in [2.05, 4.69) is 20.1 Å². The standard InChI is InChI=1S/C29H18N8O4/c1-17(27-33-23-10-3-4-11-24(23)34-27)35-36-28(32-16-18-7-6-8-19(13-18)37(40)41)21(14-30)26(22(15-31)29(36)39)20-9-2-5-12-25(20)38/h2-13,16,38H,1H3,(H,33,34)/b32-16+,35-17+. The van der Waals surface area contributed by atoms with E-state index in [1.54, 1.807) is 31.2 Å². The zero-order valence-electron chi connectivity index (χ0n) is 21.3. The number of benzene rings is 3. The van der Waals surface area contributed by atoms with Crippen molar-refractivity contribution in [2.75, 3.05) is 0 Å². The molecule has 2 aromatic heterocycles. The predicted octanol–water partition coefficient (Wildman–Crippen LogP) is 4.77. The van der Waals surface area contributed by atoms with Gasteiger partial charge in [0, 0.05) is 29.5 Å². The second-order valence-electron chi connectivity index (χ2n) is 8.70. The summed E-state index contributed by atoms with van der Waals surface area (Å²) in [4.78, 5) is 36.4. The number of imidazole rings is 1. The van der Waals surface area contributed by atoms with Crippen LogP contribution in [0.3, 0.4) is 0 Å². The number of aromatic amines is 1. The molecule has 0 atom stereocenters. The fourth-order valence-corrected chi connectivity index (χ4v) is 4.20. The van der Waals surface area contributed by atoms with Crippen molar-refractivity contribution in [3.8, 4) is 29.0 Å². The summed E-state index contributed by atoms with van der Waals surface area (Å²) in [7, 11) is 0. The van der Waals surface area contributed by atoms with E-state index in [0.29, 0.717) is 16.9 Å². The second-order valence-corrected chi connectivity index (χ2v) is 8.70. The first-order chi connectivity index (χ1) is 19.8. The molecule has 2 N–H and O–H groups in total. The maximum absolute atomic E-state index is 13.7. The highest BCUT2D eigenvalue weighted by Gasteiger charge is 2.25. The van der Waals surface area contributed by atoms with Gasteiger partial charge < -0.3 is 10.1 Å². The summed E-state index contributed by atoms with van der Waals surface area (Å²) in [6, 6.07) is 22.7. The molecule has 0 aliphatic carbocycles. The van der Waals surface area contributed by atoms with E-state index in [9.17, 15) is 30.5 Å². The molecule has 5 aromatic rings. The molecule has 12 heteroatoms. The molecule has 0 saturated carbocycles. The van der Waals surface area contributed by atoms with Gasteiger partial charge in [-0.2, -0.15) is 20.3 Å². The average molecular weight is 543 g/mol. The molecule has 0 unspecified atom stereocenters. The largest absolute Gasteiger partial charge is 0.507 e. The maximum atomic E-state index is 13.7. The van der Waals surface area contributed by atoms with Crippen molar-refractivity contribution in [1.82, 2.24) is 14.6 Å². The van der Waals surface area contributed by atoms with Gasteiger partial charge in [-0.25, -0.2) is 9.98 Å². The Morgan fingerprint density at radius 2 is 1.80 bits per heavy atom. The van der Waals surface area contributed by atoms with Crippen LogP contribution in [0.4, 0.5) is 11.5 Å². The molecular weight excluding hydrogens is 524 g/mol. The number of hydrogen-bond acceptors (Lipinski definition) is 9. The van der Waals surface area contributed by atoms with E-state index >= 15 is 0 Å². The number of H-pyrrole nitrogens is 1. The molecule has 41 heavy (non-hydrogen) atoms. The van der Waals surface area contributed by atoms with Crippen molar-refractivity contribution in [3.05, 3.63) is 116 Å². The van der Waals surface area contributed by atoms with Crippen LogP contribution >= 0.6 is 0 Å². The number of nitrogens with one attached hydrogen (secondary N) is 1. The number of non-ortho nitro benzene ring substituents is 1. The lowest BCUT2D eigenvalue weighted by molar-refractivity contribution is -0.384. The number of nitro groups is 1. The van der Waals surface area contributed by atoms with Crippen LogP contribution in [-0.2, 0) is 0 Å². The third kappa shape index (κ3) is 4.92. The van der Waals surface area contributed by atoms with Crippen LogP contribution in [0, 0.1) is 32.8 Å². The molecule has 0 saturated heterocycles. The lowest BCUT2D eigenvalue weighted by Crippen LogP contribution is -2.23. The molecule has 5 rings (SSSR count). The highest BCUT2D eigenvalue weighted by molar-refractivity contribution is 5.98. The maximum Gasteiger partial charge on any atom is 0.291 e. The second kappa shape index (κ2) is 10.8. The van der Waals surface area contributed by atoms with Gasteiger partial charge in [-0.3, -0.25) is 14.9 Å². The first-order valence-corrected chi connectivity index (χ1v) is 12.0. The lowest BCUT2D eigenvalue weighted by Gasteiger charge is -2.14. The van der Waals surface area contributed by atoms with E-state index in [1.807, 2.05) is 30.3 Å². The smallest absolute Gasteiger partial charge is 0.291 e. The number of nitrogens with zero attached hydrogens (tertiary/aromatic N) is 7. The molecule has 0 fully saturated rings. The number of aromatic hydroxyl groups is 1. The highest BCUT2D eigenvalue weighted by atomic mass is 16.6. The highest BCUT2D eigenvalue weighted by Crippen LogP contribution is 2.36. The van der Waals surface area contributed by atoms with Gasteiger partial charge in [0.1, 0.15) is 34.7 Å². The van der Waals surface area contributed by atoms with Gasteiger partial charge >= 0.3 is 0 Å². The summed E-state index contributed by atoms with van der Waals surface area (Å²) in [5.41, 5.74) is 0.200. The van der Waals surface area contributed by atoms with Gasteiger partial charge in [-0.1, -0.05) is 42.5 Å². The number of para-hydroxylation sites is 3. The number of nitriles is 2. The summed E-state index contributed by atoms with van der Waals surface area (Å²) in [6.45, 7) is 1.59. The van der Waals surface area contributed by atoms with E-state index in [1.165, 1.54) is 36.5 Å². The monoisotopic (exact) mass is 542 g/mol. The molecule has 12 nitrogen and oxygen atoms in total. The van der Waals surface area contributed by atoms with Crippen molar-refractivity contribution in [2.24, 2.45) is 10.1 Å². The Morgan fingerprint density at radius 1 is 1.07 bits per heavy atom. The molecule has 0 radical (unpaired) electrons. The van der Waals surface area contributed by atoms with Crippen molar-refractivity contribution in [3.63, 3.8) is 0 Å². The SMILES string of the molecule is C/C(=N\n1c(/N=C/c2cccc([N+](=O)[O-])c2)c(C#N)c(-c2ccccc2O)c(C#N)c1=O)c1nc2ccccc2[nH]1. The van der Waals surface area contributed by atoms with E-state index in [4.69, 9.17) is 0 Å². The molecule has 198 valence electrons. The number of aliphatic imine (C=N–C) groups is 1. The Bertz CT molecular complexity index is 2030. The number of rotatable bonds is 6. The summed E-state index contributed by atoms with van der Waals surface area (Å²) in [6.07, 6.45) is 1.24. The third-order valence-electron chi connectivity index (χ3n) is 6.13. The van der Waals surface area contributed by atoms with Crippen LogP contribution in [-0.4, -0.2) is 36.6 Å². The lowest BCUT2D eigenvalue weighted by atomic mass is 9.96. The quantitative estimate of drug-likeness (QED) is 0.176. The van der Waals surface area contributed by atoms with Crippen molar-refractivity contribution < 1.29 is 10.0 Å². The minimum atomic E-state index is -0.897. The average Bonchev–Trinajstić information content (AvgIpc) is 3.42. The number of nitro benzene ring substituents is 1.